The van der Waals surface area contributed by atoms with Crippen molar-refractivity contribution in [1.82, 2.24) is 10.5 Å². The molecule has 154 valence electrons. The van der Waals surface area contributed by atoms with E-state index in [-0.39, 0.29) is 12.5 Å². The first-order chi connectivity index (χ1) is 14.2. The van der Waals surface area contributed by atoms with Gasteiger partial charge in [0.15, 0.2) is 17.3 Å². The Kier molecular flexibility index (Phi) is 6.78. The van der Waals surface area contributed by atoms with Crippen molar-refractivity contribution in [2.24, 2.45) is 0 Å². The highest BCUT2D eigenvalue weighted by atomic mass is 16.5. The van der Waals surface area contributed by atoms with Crippen LogP contribution in [0.15, 0.2) is 45.5 Å². The summed E-state index contributed by atoms with van der Waals surface area (Å²) in [5.74, 6) is 2.20. The summed E-state index contributed by atoms with van der Waals surface area (Å²) < 4.78 is 27.5. The van der Waals surface area contributed by atoms with Gasteiger partial charge in [-0.15, -0.1) is 0 Å². The lowest BCUT2D eigenvalue weighted by atomic mass is 10.1. The van der Waals surface area contributed by atoms with Crippen LogP contribution in [-0.4, -0.2) is 30.9 Å². The molecule has 0 fully saturated rings. The molecule has 1 N–H and O–H groups in total. The first-order valence-electron chi connectivity index (χ1n) is 9.50. The number of furan rings is 1. The Hall–Kier alpha value is -3.42. The van der Waals surface area contributed by atoms with Gasteiger partial charge in [-0.05, 0) is 45.0 Å². The van der Waals surface area contributed by atoms with Crippen LogP contribution in [0, 0.1) is 0 Å². The number of ether oxygens (including phenoxy) is 3. The Morgan fingerprint density at radius 2 is 1.69 bits per heavy atom. The standard InChI is InChI=1S/C21H24N2O6/c1-4-25-18-10-14(11-19(26-5-2)20(18)27-6-3)21(24)22-13-15-12-17(29-23-15)16-8-7-9-28-16/h7-12H,4-6,13H2,1-3H3,(H,22,24). The van der Waals surface area contributed by atoms with Gasteiger partial charge in [0.05, 0.1) is 32.6 Å². The van der Waals surface area contributed by atoms with Gasteiger partial charge in [0.25, 0.3) is 5.91 Å². The fraction of sp³-hybridized carbons (Fsp3) is 0.333. The summed E-state index contributed by atoms with van der Waals surface area (Å²) in [6, 6.07) is 8.53. The normalized spacial score (nSPS) is 10.6. The molecule has 0 atom stereocenters. The SMILES string of the molecule is CCOc1cc(C(=O)NCc2cc(-c3ccco3)on2)cc(OCC)c1OCC. The van der Waals surface area contributed by atoms with E-state index in [2.05, 4.69) is 10.5 Å². The van der Waals surface area contributed by atoms with E-state index in [1.807, 2.05) is 20.8 Å². The van der Waals surface area contributed by atoms with Crippen LogP contribution >= 0.6 is 0 Å². The first-order valence-corrected chi connectivity index (χ1v) is 9.50. The maximum absolute atomic E-state index is 12.7. The summed E-state index contributed by atoms with van der Waals surface area (Å²) >= 11 is 0. The van der Waals surface area contributed by atoms with E-state index >= 15 is 0 Å². The van der Waals surface area contributed by atoms with Gasteiger partial charge in [0.1, 0.15) is 5.69 Å². The van der Waals surface area contributed by atoms with Gasteiger partial charge >= 0.3 is 0 Å². The summed E-state index contributed by atoms with van der Waals surface area (Å²) in [6.45, 7) is 7.13. The molecule has 1 aromatic carbocycles. The van der Waals surface area contributed by atoms with Crippen LogP contribution in [0.1, 0.15) is 36.8 Å². The second-order valence-corrected chi connectivity index (χ2v) is 5.94. The fourth-order valence-electron chi connectivity index (χ4n) is 2.72. The smallest absolute Gasteiger partial charge is 0.251 e. The molecule has 0 bridgehead atoms. The third-order valence-corrected chi connectivity index (χ3v) is 3.92. The summed E-state index contributed by atoms with van der Waals surface area (Å²) in [5.41, 5.74) is 0.973. The fourth-order valence-corrected chi connectivity index (χ4v) is 2.72. The molecular formula is C21H24N2O6. The lowest BCUT2D eigenvalue weighted by molar-refractivity contribution is 0.0949. The minimum Gasteiger partial charge on any atom is -0.490 e. The molecule has 1 amide bonds. The zero-order valence-corrected chi connectivity index (χ0v) is 16.7. The second-order valence-electron chi connectivity index (χ2n) is 5.94. The number of hydrogen-bond acceptors (Lipinski definition) is 7. The number of aromatic nitrogens is 1. The average Bonchev–Trinajstić information content (AvgIpc) is 3.40. The van der Waals surface area contributed by atoms with Crippen molar-refractivity contribution < 1.29 is 27.9 Å². The lowest BCUT2D eigenvalue weighted by Crippen LogP contribution is -2.23. The highest BCUT2D eigenvalue weighted by Gasteiger charge is 2.19. The monoisotopic (exact) mass is 400 g/mol. The number of carbonyl (C=O) groups excluding carboxylic acids is 1. The highest BCUT2D eigenvalue weighted by molar-refractivity contribution is 5.95. The van der Waals surface area contributed by atoms with E-state index in [9.17, 15) is 4.79 Å². The van der Waals surface area contributed by atoms with Gasteiger partial charge in [-0.2, -0.15) is 0 Å². The van der Waals surface area contributed by atoms with Crippen molar-refractivity contribution >= 4 is 5.91 Å². The molecule has 3 aromatic rings. The number of nitrogens with one attached hydrogen (secondary N) is 1. The predicted molar refractivity (Wildman–Crippen MR) is 105 cm³/mol. The molecule has 8 heteroatoms. The van der Waals surface area contributed by atoms with Crippen molar-refractivity contribution in [2.75, 3.05) is 19.8 Å². The molecule has 0 radical (unpaired) electrons. The molecule has 0 aliphatic carbocycles. The lowest BCUT2D eigenvalue weighted by Gasteiger charge is -2.17. The zero-order valence-electron chi connectivity index (χ0n) is 16.7. The summed E-state index contributed by atoms with van der Waals surface area (Å²) in [6.07, 6.45) is 1.55. The Bertz CT molecular complexity index is 906. The summed E-state index contributed by atoms with van der Waals surface area (Å²) in [5, 5.41) is 6.77. The topological polar surface area (TPSA) is 96.0 Å². The van der Waals surface area contributed by atoms with Gasteiger partial charge in [-0.3, -0.25) is 4.79 Å². The van der Waals surface area contributed by atoms with Crippen LogP contribution in [-0.2, 0) is 6.54 Å². The van der Waals surface area contributed by atoms with Crippen LogP contribution in [0.2, 0.25) is 0 Å². The maximum Gasteiger partial charge on any atom is 0.251 e. The maximum atomic E-state index is 12.7. The van der Waals surface area contributed by atoms with Gasteiger partial charge in [0, 0.05) is 11.6 Å². The van der Waals surface area contributed by atoms with Crippen molar-refractivity contribution in [3.8, 4) is 28.8 Å². The molecule has 0 aliphatic heterocycles. The molecule has 29 heavy (non-hydrogen) atoms. The number of amides is 1. The number of hydrogen-bond donors (Lipinski definition) is 1. The third-order valence-electron chi connectivity index (χ3n) is 3.92. The Morgan fingerprint density at radius 1 is 1.00 bits per heavy atom. The van der Waals surface area contributed by atoms with Gasteiger partial charge in [0.2, 0.25) is 11.5 Å². The Morgan fingerprint density at radius 3 is 2.28 bits per heavy atom. The van der Waals surface area contributed by atoms with Crippen molar-refractivity contribution in [1.29, 1.82) is 0 Å². The minimum absolute atomic E-state index is 0.199. The van der Waals surface area contributed by atoms with E-state index in [0.29, 0.717) is 59.8 Å². The van der Waals surface area contributed by atoms with Crippen molar-refractivity contribution in [3.63, 3.8) is 0 Å². The van der Waals surface area contributed by atoms with Crippen LogP contribution in [0.3, 0.4) is 0 Å². The van der Waals surface area contributed by atoms with Crippen molar-refractivity contribution in [2.45, 2.75) is 27.3 Å². The molecule has 0 spiro atoms. The summed E-state index contributed by atoms with van der Waals surface area (Å²) in [4.78, 5) is 12.7. The molecule has 0 aliphatic rings. The van der Waals surface area contributed by atoms with Crippen LogP contribution < -0.4 is 19.5 Å². The average molecular weight is 400 g/mol. The molecule has 2 heterocycles. The molecule has 8 nitrogen and oxygen atoms in total. The van der Waals surface area contributed by atoms with Gasteiger partial charge in [-0.1, -0.05) is 5.16 Å². The molecule has 2 aromatic heterocycles. The first kappa shape index (κ1) is 20.3. The Labute approximate surface area is 168 Å². The van der Waals surface area contributed by atoms with E-state index in [1.165, 1.54) is 0 Å². The molecule has 0 unspecified atom stereocenters. The second kappa shape index (κ2) is 9.68. The van der Waals surface area contributed by atoms with Crippen LogP contribution in [0.25, 0.3) is 11.5 Å². The van der Waals surface area contributed by atoms with E-state index in [1.54, 1.807) is 36.6 Å². The van der Waals surface area contributed by atoms with E-state index < -0.39 is 0 Å². The Balaban J connectivity index is 1.75. The number of carbonyl (C=O) groups is 1. The molecular weight excluding hydrogens is 376 g/mol. The van der Waals surface area contributed by atoms with Crippen LogP contribution in [0.4, 0.5) is 0 Å². The number of benzene rings is 1. The van der Waals surface area contributed by atoms with Crippen molar-refractivity contribution in [3.05, 3.63) is 47.9 Å². The highest BCUT2D eigenvalue weighted by Crippen LogP contribution is 2.39. The number of rotatable bonds is 10. The third kappa shape index (κ3) is 4.90. The zero-order chi connectivity index (χ0) is 20.6. The quantitative estimate of drug-likeness (QED) is 0.548. The van der Waals surface area contributed by atoms with E-state index in [0.717, 1.165) is 0 Å². The van der Waals surface area contributed by atoms with Crippen LogP contribution in [0.5, 0.6) is 17.2 Å². The largest absolute Gasteiger partial charge is 0.490 e. The molecule has 0 saturated carbocycles. The number of nitrogens with zero attached hydrogens (tertiary/aromatic N) is 1. The van der Waals surface area contributed by atoms with Gasteiger partial charge in [-0.25, -0.2) is 0 Å². The molecule has 0 saturated heterocycles. The van der Waals surface area contributed by atoms with Gasteiger partial charge < -0.3 is 28.5 Å². The van der Waals surface area contributed by atoms with E-state index in [4.69, 9.17) is 23.2 Å². The predicted octanol–water partition coefficient (Wildman–Crippen LogP) is 4.06. The summed E-state index contributed by atoms with van der Waals surface area (Å²) in [7, 11) is 0. The minimum atomic E-state index is -0.294. The molecule has 3 rings (SSSR count).